The Morgan fingerprint density at radius 1 is 1.23 bits per heavy atom. The molecule has 0 fully saturated rings. The largest absolute Gasteiger partial charge is 0.504 e. The van der Waals surface area contributed by atoms with Crippen molar-refractivity contribution in [3.63, 3.8) is 0 Å². The third-order valence-electron chi connectivity index (χ3n) is 4.45. The molecule has 1 aromatic heterocycles. The fourth-order valence-electron chi connectivity index (χ4n) is 3.21. The summed E-state index contributed by atoms with van der Waals surface area (Å²) < 4.78 is 5.21. The first-order valence-electron chi connectivity index (χ1n) is 8.23. The number of phenols is 1. The molecule has 0 aliphatic carbocycles. The number of H-pyrrole nitrogens is 1. The Morgan fingerprint density at radius 2 is 2.04 bits per heavy atom. The summed E-state index contributed by atoms with van der Waals surface area (Å²) in [5.74, 6) is 1.35. The number of aromatic nitrogens is 2. The SMILES string of the molecule is COc1cc(C2CC(=O)Nc3n[nH]c(Nc4ccccc4)c32)ccc1O. The van der Waals surface area contributed by atoms with Crippen LogP contribution in [0.2, 0.25) is 0 Å². The van der Waals surface area contributed by atoms with Crippen molar-refractivity contribution in [2.45, 2.75) is 12.3 Å². The lowest BCUT2D eigenvalue weighted by molar-refractivity contribution is -0.116. The number of anilines is 3. The van der Waals surface area contributed by atoms with Crippen LogP contribution in [0.15, 0.2) is 48.5 Å². The molecule has 0 radical (unpaired) electrons. The molecule has 7 nitrogen and oxygen atoms in total. The van der Waals surface area contributed by atoms with Crippen LogP contribution in [-0.2, 0) is 4.79 Å². The van der Waals surface area contributed by atoms with Crippen LogP contribution in [0.25, 0.3) is 0 Å². The summed E-state index contributed by atoms with van der Waals surface area (Å²) in [6.07, 6.45) is 0.282. The zero-order valence-corrected chi connectivity index (χ0v) is 14.1. The highest BCUT2D eigenvalue weighted by Crippen LogP contribution is 2.42. The number of carbonyl (C=O) groups is 1. The lowest BCUT2D eigenvalue weighted by Crippen LogP contribution is -2.23. The average Bonchev–Trinajstić information content (AvgIpc) is 3.05. The molecule has 26 heavy (non-hydrogen) atoms. The van der Waals surface area contributed by atoms with E-state index in [9.17, 15) is 9.90 Å². The van der Waals surface area contributed by atoms with E-state index in [1.54, 1.807) is 18.2 Å². The molecule has 1 aliphatic heterocycles. The monoisotopic (exact) mass is 350 g/mol. The Bertz CT molecular complexity index is 953. The predicted molar refractivity (Wildman–Crippen MR) is 98.1 cm³/mol. The molecule has 0 spiro atoms. The van der Waals surface area contributed by atoms with E-state index >= 15 is 0 Å². The second-order valence-electron chi connectivity index (χ2n) is 6.09. The van der Waals surface area contributed by atoms with Gasteiger partial charge in [-0.3, -0.25) is 9.89 Å². The lowest BCUT2D eigenvalue weighted by Gasteiger charge is -2.24. The number of aromatic hydroxyl groups is 1. The lowest BCUT2D eigenvalue weighted by atomic mass is 9.86. The van der Waals surface area contributed by atoms with Gasteiger partial charge in [0.25, 0.3) is 0 Å². The van der Waals surface area contributed by atoms with Crippen molar-refractivity contribution in [2.24, 2.45) is 0 Å². The molecule has 1 amide bonds. The molecule has 2 heterocycles. The van der Waals surface area contributed by atoms with Gasteiger partial charge in [-0.15, -0.1) is 0 Å². The number of rotatable bonds is 4. The van der Waals surface area contributed by atoms with Gasteiger partial charge < -0.3 is 20.5 Å². The van der Waals surface area contributed by atoms with Crippen molar-refractivity contribution >= 4 is 23.2 Å². The number of hydrogen-bond acceptors (Lipinski definition) is 5. The van der Waals surface area contributed by atoms with E-state index in [0.717, 1.165) is 22.6 Å². The maximum atomic E-state index is 12.1. The number of aromatic amines is 1. The Morgan fingerprint density at radius 3 is 2.81 bits per heavy atom. The van der Waals surface area contributed by atoms with Gasteiger partial charge in [0.2, 0.25) is 5.91 Å². The number of nitrogens with zero attached hydrogens (tertiary/aromatic N) is 1. The molecule has 0 saturated carbocycles. The van der Waals surface area contributed by atoms with Gasteiger partial charge in [-0.1, -0.05) is 24.3 Å². The van der Waals surface area contributed by atoms with Gasteiger partial charge in [0, 0.05) is 23.6 Å². The number of hydrogen-bond donors (Lipinski definition) is 4. The molecule has 4 rings (SSSR count). The molecule has 1 aliphatic rings. The van der Waals surface area contributed by atoms with Crippen LogP contribution in [-0.4, -0.2) is 28.3 Å². The maximum absolute atomic E-state index is 12.1. The molecular weight excluding hydrogens is 332 g/mol. The van der Waals surface area contributed by atoms with Crippen molar-refractivity contribution in [1.82, 2.24) is 10.2 Å². The first-order valence-corrected chi connectivity index (χ1v) is 8.23. The van der Waals surface area contributed by atoms with Crippen LogP contribution in [0.3, 0.4) is 0 Å². The number of para-hydroxylation sites is 1. The van der Waals surface area contributed by atoms with E-state index in [1.807, 2.05) is 30.3 Å². The summed E-state index contributed by atoms with van der Waals surface area (Å²) in [6, 6.07) is 14.8. The summed E-state index contributed by atoms with van der Waals surface area (Å²) in [7, 11) is 1.50. The van der Waals surface area contributed by atoms with E-state index in [-0.39, 0.29) is 24.0 Å². The summed E-state index contributed by atoms with van der Waals surface area (Å²) in [5.41, 5.74) is 2.66. The van der Waals surface area contributed by atoms with Crippen LogP contribution in [0.1, 0.15) is 23.5 Å². The molecule has 2 aromatic carbocycles. The molecular formula is C19H18N4O3. The van der Waals surface area contributed by atoms with Crippen LogP contribution in [0.4, 0.5) is 17.3 Å². The van der Waals surface area contributed by atoms with Crippen molar-refractivity contribution in [3.8, 4) is 11.5 Å². The summed E-state index contributed by atoms with van der Waals surface area (Å²) in [6.45, 7) is 0. The van der Waals surface area contributed by atoms with Crippen molar-refractivity contribution < 1.29 is 14.6 Å². The van der Waals surface area contributed by atoms with E-state index in [1.165, 1.54) is 7.11 Å². The number of methoxy groups -OCH3 is 1. The van der Waals surface area contributed by atoms with Gasteiger partial charge in [-0.05, 0) is 29.8 Å². The third-order valence-corrected chi connectivity index (χ3v) is 4.45. The summed E-state index contributed by atoms with van der Waals surface area (Å²) >= 11 is 0. The highest BCUT2D eigenvalue weighted by atomic mass is 16.5. The fraction of sp³-hybridized carbons (Fsp3) is 0.158. The minimum Gasteiger partial charge on any atom is -0.504 e. The second-order valence-corrected chi connectivity index (χ2v) is 6.09. The predicted octanol–water partition coefficient (Wildman–Crippen LogP) is 3.34. The van der Waals surface area contributed by atoms with E-state index in [0.29, 0.717) is 11.6 Å². The van der Waals surface area contributed by atoms with Crippen molar-refractivity contribution in [3.05, 3.63) is 59.7 Å². The van der Waals surface area contributed by atoms with Gasteiger partial charge in [0.15, 0.2) is 17.3 Å². The molecule has 1 unspecified atom stereocenters. The standard InChI is InChI=1S/C19H18N4O3/c1-26-15-9-11(7-8-14(15)24)13-10-16(25)21-19-17(13)18(22-23-19)20-12-5-3-2-4-6-12/h2-9,13,24H,10H2,1H3,(H3,20,21,22,23,25). The van der Waals surface area contributed by atoms with Gasteiger partial charge in [-0.25, -0.2) is 0 Å². The number of benzene rings is 2. The van der Waals surface area contributed by atoms with Crippen molar-refractivity contribution in [1.29, 1.82) is 0 Å². The first-order chi connectivity index (χ1) is 12.7. The van der Waals surface area contributed by atoms with Gasteiger partial charge >= 0.3 is 0 Å². The van der Waals surface area contributed by atoms with Crippen molar-refractivity contribution in [2.75, 3.05) is 17.7 Å². The van der Waals surface area contributed by atoms with Crippen LogP contribution in [0.5, 0.6) is 11.5 Å². The maximum Gasteiger partial charge on any atom is 0.226 e. The average molecular weight is 350 g/mol. The minimum absolute atomic E-state index is 0.0616. The number of fused-ring (bicyclic) bond motifs is 1. The number of ether oxygens (including phenoxy) is 1. The Balaban J connectivity index is 1.77. The smallest absolute Gasteiger partial charge is 0.226 e. The number of carbonyl (C=O) groups excluding carboxylic acids is 1. The van der Waals surface area contributed by atoms with Crippen LogP contribution < -0.4 is 15.4 Å². The van der Waals surface area contributed by atoms with E-state index in [4.69, 9.17) is 4.74 Å². The molecule has 3 aromatic rings. The molecule has 0 bridgehead atoms. The van der Waals surface area contributed by atoms with Gasteiger partial charge in [0.05, 0.1) is 7.11 Å². The van der Waals surface area contributed by atoms with E-state index in [2.05, 4.69) is 20.8 Å². The number of nitrogens with one attached hydrogen (secondary N) is 3. The Kier molecular flexibility index (Phi) is 3.96. The third kappa shape index (κ3) is 2.83. The minimum atomic E-state index is -0.210. The normalized spacial score (nSPS) is 15.9. The first kappa shape index (κ1) is 16.0. The molecule has 1 atom stereocenters. The Hall–Kier alpha value is -3.48. The highest BCUT2D eigenvalue weighted by Gasteiger charge is 2.32. The van der Waals surface area contributed by atoms with E-state index < -0.39 is 0 Å². The van der Waals surface area contributed by atoms with Gasteiger partial charge in [-0.2, -0.15) is 5.10 Å². The topological polar surface area (TPSA) is 99.3 Å². The van der Waals surface area contributed by atoms with Gasteiger partial charge in [0.1, 0.15) is 5.82 Å². The summed E-state index contributed by atoms with van der Waals surface area (Å²) in [5, 5.41) is 23.2. The quantitative estimate of drug-likeness (QED) is 0.578. The second kappa shape index (κ2) is 6.44. The summed E-state index contributed by atoms with van der Waals surface area (Å²) in [4.78, 5) is 12.1. The highest BCUT2D eigenvalue weighted by molar-refractivity contribution is 5.95. The zero-order chi connectivity index (χ0) is 18.1. The zero-order valence-electron chi connectivity index (χ0n) is 14.1. The molecule has 7 heteroatoms. The van der Waals surface area contributed by atoms with Crippen LogP contribution >= 0.6 is 0 Å². The number of phenolic OH excluding ortho intramolecular Hbond substituents is 1. The Labute approximate surface area is 150 Å². The van der Waals surface area contributed by atoms with Crippen LogP contribution in [0, 0.1) is 0 Å². The molecule has 132 valence electrons. The molecule has 4 N–H and O–H groups in total. The number of amides is 1. The molecule has 0 saturated heterocycles. The fourth-order valence-corrected chi connectivity index (χ4v) is 3.21.